The van der Waals surface area contributed by atoms with E-state index in [4.69, 9.17) is 20.0 Å². The average Bonchev–Trinajstić information content (AvgIpc) is 2.39. The largest absolute Gasteiger partial charge is 0.490 e. The highest BCUT2D eigenvalue weighted by Gasteiger charge is 1.99. The molecule has 106 valence electrons. The van der Waals surface area contributed by atoms with Crippen LogP contribution in [0, 0.1) is 13.8 Å². The smallest absolute Gasteiger partial charge is 0.151 e. The summed E-state index contributed by atoms with van der Waals surface area (Å²) >= 11 is 0. The molecule has 2 N–H and O–H groups in total. The van der Waals surface area contributed by atoms with Gasteiger partial charge in [-0.3, -0.25) is 0 Å². The maximum atomic E-state index is 5.62. The van der Waals surface area contributed by atoms with Gasteiger partial charge in [-0.05, 0) is 31.0 Å². The summed E-state index contributed by atoms with van der Waals surface area (Å²) in [5.74, 6) is 1.30. The van der Waals surface area contributed by atoms with E-state index in [0.717, 1.165) is 11.3 Å². The van der Waals surface area contributed by atoms with Crippen LogP contribution in [0.3, 0.4) is 0 Å². The third-order valence-corrected chi connectivity index (χ3v) is 2.52. The SMILES string of the molecule is COCC/C(N)=N/OCCOc1cc(C)ccc1C. The molecule has 1 rings (SSSR count). The summed E-state index contributed by atoms with van der Waals surface area (Å²) in [4.78, 5) is 5.07. The van der Waals surface area contributed by atoms with Gasteiger partial charge in [-0.25, -0.2) is 0 Å². The predicted octanol–water partition coefficient (Wildman–Crippen LogP) is 2.01. The second-order valence-electron chi connectivity index (χ2n) is 4.28. The van der Waals surface area contributed by atoms with Crippen molar-refractivity contribution in [2.24, 2.45) is 10.9 Å². The van der Waals surface area contributed by atoms with E-state index in [1.54, 1.807) is 7.11 Å². The number of aryl methyl sites for hydroxylation is 2. The van der Waals surface area contributed by atoms with Crippen LogP contribution in [0.25, 0.3) is 0 Å². The fourth-order valence-corrected chi connectivity index (χ4v) is 1.43. The van der Waals surface area contributed by atoms with Gasteiger partial charge in [0.15, 0.2) is 6.61 Å². The molecule has 1 aromatic rings. The summed E-state index contributed by atoms with van der Waals surface area (Å²) in [7, 11) is 1.62. The zero-order valence-electron chi connectivity index (χ0n) is 11.8. The van der Waals surface area contributed by atoms with Crippen molar-refractivity contribution in [3.05, 3.63) is 29.3 Å². The minimum atomic E-state index is 0.362. The Kier molecular flexibility index (Phi) is 6.74. The number of hydrogen-bond acceptors (Lipinski definition) is 4. The lowest BCUT2D eigenvalue weighted by molar-refractivity contribution is 0.105. The molecule has 0 aliphatic carbocycles. The monoisotopic (exact) mass is 266 g/mol. The van der Waals surface area contributed by atoms with E-state index in [0.29, 0.717) is 32.1 Å². The number of methoxy groups -OCH3 is 1. The molecule has 5 nitrogen and oxygen atoms in total. The summed E-state index contributed by atoms with van der Waals surface area (Å²) in [5, 5.41) is 3.77. The van der Waals surface area contributed by atoms with Gasteiger partial charge in [-0.1, -0.05) is 17.3 Å². The third-order valence-electron chi connectivity index (χ3n) is 2.52. The lowest BCUT2D eigenvalue weighted by Crippen LogP contribution is -2.15. The Morgan fingerprint density at radius 2 is 2.00 bits per heavy atom. The topological polar surface area (TPSA) is 66.1 Å². The lowest BCUT2D eigenvalue weighted by atomic mass is 10.1. The highest BCUT2D eigenvalue weighted by atomic mass is 16.6. The van der Waals surface area contributed by atoms with Crippen molar-refractivity contribution in [3.63, 3.8) is 0 Å². The van der Waals surface area contributed by atoms with Crippen molar-refractivity contribution in [2.45, 2.75) is 20.3 Å². The number of rotatable bonds is 8. The van der Waals surface area contributed by atoms with Crippen molar-refractivity contribution < 1.29 is 14.3 Å². The van der Waals surface area contributed by atoms with E-state index in [1.807, 2.05) is 26.0 Å². The van der Waals surface area contributed by atoms with Gasteiger partial charge in [0.1, 0.15) is 18.2 Å². The van der Waals surface area contributed by atoms with Gasteiger partial charge in [-0.2, -0.15) is 0 Å². The molecular formula is C14H22N2O3. The summed E-state index contributed by atoms with van der Waals surface area (Å²) < 4.78 is 10.5. The molecule has 0 radical (unpaired) electrons. The molecule has 0 saturated carbocycles. The first kappa shape index (κ1) is 15.3. The van der Waals surface area contributed by atoms with Gasteiger partial charge in [0.05, 0.1) is 6.61 Å². The normalized spacial score (nSPS) is 11.4. The van der Waals surface area contributed by atoms with Crippen LogP contribution in [-0.4, -0.2) is 32.8 Å². The minimum absolute atomic E-state index is 0.362. The van der Waals surface area contributed by atoms with E-state index in [-0.39, 0.29) is 0 Å². The molecule has 0 aliphatic heterocycles. The average molecular weight is 266 g/mol. The number of ether oxygens (including phenoxy) is 2. The molecule has 0 spiro atoms. The quantitative estimate of drug-likeness (QED) is 0.338. The van der Waals surface area contributed by atoms with E-state index in [1.165, 1.54) is 5.56 Å². The Bertz CT molecular complexity index is 419. The second kappa shape index (κ2) is 8.37. The zero-order valence-corrected chi connectivity index (χ0v) is 11.8. The van der Waals surface area contributed by atoms with Crippen LogP contribution in [0.15, 0.2) is 23.4 Å². The first-order valence-corrected chi connectivity index (χ1v) is 6.26. The van der Waals surface area contributed by atoms with Crippen molar-refractivity contribution in [1.29, 1.82) is 0 Å². The molecule has 0 aliphatic rings. The Morgan fingerprint density at radius 3 is 2.74 bits per heavy atom. The number of nitrogens with zero attached hydrogens (tertiary/aromatic N) is 1. The molecule has 0 saturated heterocycles. The molecule has 5 heteroatoms. The molecule has 0 bridgehead atoms. The summed E-state index contributed by atoms with van der Waals surface area (Å²) in [5.41, 5.74) is 7.88. The molecule has 19 heavy (non-hydrogen) atoms. The predicted molar refractivity (Wildman–Crippen MR) is 75.5 cm³/mol. The molecule has 0 fully saturated rings. The fraction of sp³-hybridized carbons (Fsp3) is 0.500. The Labute approximate surface area is 114 Å². The highest BCUT2D eigenvalue weighted by Crippen LogP contribution is 2.18. The molecule has 0 atom stereocenters. The van der Waals surface area contributed by atoms with Gasteiger partial charge in [-0.15, -0.1) is 0 Å². The molecular weight excluding hydrogens is 244 g/mol. The van der Waals surface area contributed by atoms with Crippen LogP contribution in [-0.2, 0) is 9.57 Å². The number of nitrogens with two attached hydrogens (primary N) is 1. The summed E-state index contributed by atoms with van der Waals surface area (Å²) in [6.07, 6.45) is 0.564. The van der Waals surface area contributed by atoms with Crippen LogP contribution < -0.4 is 10.5 Å². The Hall–Kier alpha value is -1.75. The van der Waals surface area contributed by atoms with Crippen LogP contribution in [0.2, 0.25) is 0 Å². The van der Waals surface area contributed by atoms with Crippen LogP contribution in [0.4, 0.5) is 0 Å². The molecule has 0 heterocycles. The van der Waals surface area contributed by atoms with Crippen molar-refractivity contribution >= 4 is 5.84 Å². The summed E-state index contributed by atoms with van der Waals surface area (Å²) in [6.45, 7) is 5.38. The number of amidine groups is 1. The highest BCUT2D eigenvalue weighted by molar-refractivity contribution is 5.79. The molecule has 0 unspecified atom stereocenters. The number of hydrogen-bond donors (Lipinski definition) is 1. The second-order valence-corrected chi connectivity index (χ2v) is 4.28. The van der Waals surface area contributed by atoms with Gasteiger partial charge in [0.2, 0.25) is 0 Å². The third kappa shape index (κ3) is 6.10. The van der Waals surface area contributed by atoms with Crippen LogP contribution >= 0.6 is 0 Å². The van der Waals surface area contributed by atoms with Crippen molar-refractivity contribution in [3.8, 4) is 5.75 Å². The van der Waals surface area contributed by atoms with Crippen LogP contribution in [0.5, 0.6) is 5.75 Å². The van der Waals surface area contributed by atoms with E-state index in [9.17, 15) is 0 Å². The van der Waals surface area contributed by atoms with Crippen molar-refractivity contribution in [1.82, 2.24) is 0 Å². The lowest BCUT2D eigenvalue weighted by Gasteiger charge is -2.09. The van der Waals surface area contributed by atoms with E-state index >= 15 is 0 Å². The van der Waals surface area contributed by atoms with E-state index < -0.39 is 0 Å². The first-order valence-electron chi connectivity index (χ1n) is 6.26. The Morgan fingerprint density at radius 1 is 1.21 bits per heavy atom. The number of oxime groups is 1. The molecule has 0 aromatic heterocycles. The first-order chi connectivity index (χ1) is 9.13. The molecule has 1 aromatic carbocycles. The summed E-state index contributed by atoms with van der Waals surface area (Å²) in [6, 6.07) is 6.09. The van der Waals surface area contributed by atoms with E-state index in [2.05, 4.69) is 11.2 Å². The Balaban J connectivity index is 2.25. The zero-order chi connectivity index (χ0) is 14.1. The van der Waals surface area contributed by atoms with Gasteiger partial charge >= 0.3 is 0 Å². The minimum Gasteiger partial charge on any atom is -0.490 e. The number of benzene rings is 1. The van der Waals surface area contributed by atoms with Gasteiger partial charge in [0.25, 0.3) is 0 Å². The standard InChI is InChI=1S/C14H22N2O3/c1-11-4-5-12(2)13(10-11)18-8-9-19-16-14(15)6-7-17-3/h4-5,10H,6-9H2,1-3H3,(H2,15,16). The maximum Gasteiger partial charge on any atom is 0.151 e. The van der Waals surface area contributed by atoms with Crippen LogP contribution in [0.1, 0.15) is 17.5 Å². The fourth-order valence-electron chi connectivity index (χ4n) is 1.43. The maximum absolute atomic E-state index is 5.62. The van der Waals surface area contributed by atoms with Gasteiger partial charge in [0, 0.05) is 13.5 Å². The van der Waals surface area contributed by atoms with Crippen molar-refractivity contribution in [2.75, 3.05) is 26.9 Å². The molecule has 0 amide bonds. The van der Waals surface area contributed by atoms with Gasteiger partial charge < -0.3 is 20.0 Å².